The van der Waals surface area contributed by atoms with Crippen molar-refractivity contribution in [3.05, 3.63) is 45.8 Å². The Balaban J connectivity index is 1.43. The fourth-order valence-electron chi connectivity index (χ4n) is 3.48. The van der Waals surface area contributed by atoms with Gasteiger partial charge in [0.25, 0.3) is 5.91 Å². The van der Waals surface area contributed by atoms with Gasteiger partial charge in [0.05, 0.1) is 24.8 Å². The van der Waals surface area contributed by atoms with Gasteiger partial charge < -0.3 is 20.7 Å². The summed E-state index contributed by atoms with van der Waals surface area (Å²) in [6, 6.07) is 7.37. The number of thiophene rings is 1. The Morgan fingerprint density at radius 2 is 1.97 bits per heavy atom. The summed E-state index contributed by atoms with van der Waals surface area (Å²) < 4.78 is 4.91. The van der Waals surface area contributed by atoms with Crippen LogP contribution in [0.2, 0.25) is 0 Å². The first-order chi connectivity index (χ1) is 14.1. The van der Waals surface area contributed by atoms with Crippen LogP contribution in [0, 0.1) is 0 Å². The van der Waals surface area contributed by atoms with E-state index in [1.807, 2.05) is 6.07 Å². The van der Waals surface area contributed by atoms with Gasteiger partial charge in [0.15, 0.2) is 0 Å². The van der Waals surface area contributed by atoms with Crippen LogP contribution in [0.15, 0.2) is 24.3 Å². The minimum absolute atomic E-state index is 0.0170. The second-order valence-corrected chi connectivity index (χ2v) is 8.35. The van der Waals surface area contributed by atoms with Crippen LogP contribution in [-0.2, 0) is 22.4 Å². The van der Waals surface area contributed by atoms with E-state index < -0.39 is 5.97 Å². The zero-order valence-corrected chi connectivity index (χ0v) is 17.0. The summed E-state index contributed by atoms with van der Waals surface area (Å²) in [6.07, 6.45) is 4.78. The van der Waals surface area contributed by atoms with Crippen LogP contribution in [0.5, 0.6) is 0 Å². The second kappa shape index (κ2) is 8.24. The van der Waals surface area contributed by atoms with Crippen molar-refractivity contribution in [1.29, 1.82) is 0 Å². The van der Waals surface area contributed by atoms with Crippen LogP contribution in [0.4, 0.5) is 10.7 Å². The molecule has 2 aliphatic rings. The number of rotatable bonds is 7. The topological polar surface area (TPSA) is 96.5 Å². The number of ether oxygens (including phenoxy) is 1. The van der Waals surface area contributed by atoms with Gasteiger partial charge in [0, 0.05) is 16.6 Å². The summed E-state index contributed by atoms with van der Waals surface area (Å²) in [4.78, 5) is 38.2. The molecule has 1 heterocycles. The van der Waals surface area contributed by atoms with Gasteiger partial charge in [-0.15, -0.1) is 11.3 Å². The molecule has 0 aliphatic heterocycles. The molecule has 7 nitrogen and oxygen atoms in total. The number of carbonyl (C=O) groups excluding carboxylic acids is 3. The molecule has 2 amide bonds. The van der Waals surface area contributed by atoms with Gasteiger partial charge in [-0.25, -0.2) is 4.79 Å². The molecule has 0 atom stereocenters. The highest BCUT2D eigenvalue weighted by Crippen LogP contribution is 2.39. The number of aryl methyl sites for hydroxylation is 1. The van der Waals surface area contributed by atoms with E-state index in [0.717, 1.165) is 42.5 Å². The van der Waals surface area contributed by atoms with Crippen LogP contribution in [0.3, 0.4) is 0 Å². The minimum atomic E-state index is -0.422. The first kappa shape index (κ1) is 19.4. The molecule has 3 N–H and O–H groups in total. The standard InChI is InChI=1S/C21H23N3O4S/c1-28-21(27)18-14-6-4-8-16(14)29-20(18)24-17(25)11-22-15-7-3-2-5-13(15)19(26)23-12-9-10-12/h2-3,5,7,12,22H,4,6,8-11H2,1H3,(H,23,26)(H,24,25). The van der Waals surface area contributed by atoms with Crippen LogP contribution >= 0.6 is 11.3 Å². The number of hydrogen-bond acceptors (Lipinski definition) is 6. The molecule has 29 heavy (non-hydrogen) atoms. The maximum atomic E-state index is 12.5. The number of anilines is 2. The summed E-state index contributed by atoms with van der Waals surface area (Å²) in [5.41, 5.74) is 2.58. The number of carbonyl (C=O) groups is 3. The Hall–Kier alpha value is -2.87. The molecule has 1 aromatic heterocycles. The minimum Gasteiger partial charge on any atom is -0.465 e. The van der Waals surface area contributed by atoms with Gasteiger partial charge in [-0.05, 0) is 49.8 Å². The number of amides is 2. The lowest BCUT2D eigenvalue weighted by atomic mass is 10.1. The van der Waals surface area contributed by atoms with Gasteiger partial charge in [0.1, 0.15) is 5.00 Å². The molecule has 4 rings (SSSR count). The van der Waals surface area contributed by atoms with Crippen LogP contribution in [-0.4, -0.2) is 37.5 Å². The second-order valence-electron chi connectivity index (χ2n) is 7.25. The lowest BCUT2D eigenvalue weighted by Crippen LogP contribution is -2.27. The van der Waals surface area contributed by atoms with E-state index in [2.05, 4.69) is 16.0 Å². The Labute approximate surface area is 172 Å². The third-order valence-corrected chi connectivity index (χ3v) is 6.29. The number of nitrogens with one attached hydrogen (secondary N) is 3. The van der Waals surface area contributed by atoms with Crippen LogP contribution < -0.4 is 16.0 Å². The third-order valence-electron chi connectivity index (χ3n) is 5.09. The van der Waals surface area contributed by atoms with Crippen molar-refractivity contribution in [2.24, 2.45) is 0 Å². The smallest absolute Gasteiger partial charge is 0.341 e. The first-order valence-corrected chi connectivity index (χ1v) is 10.5. The molecule has 2 aliphatic carbocycles. The maximum Gasteiger partial charge on any atom is 0.341 e. The van der Waals surface area contributed by atoms with Crippen molar-refractivity contribution >= 4 is 39.8 Å². The van der Waals surface area contributed by atoms with Crippen molar-refractivity contribution in [1.82, 2.24) is 5.32 Å². The fraction of sp³-hybridized carbons (Fsp3) is 0.381. The van der Waals surface area contributed by atoms with E-state index in [0.29, 0.717) is 21.8 Å². The Kier molecular flexibility index (Phi) is 5.53. The van der Waals surface area contributed by atoms with E-state index in [4.69, 9.17) is 4.74 Å². The van der Waals surface area contributed by atoms with Crippen molar-refractivity contribution < 1.29 is 19.1 Å². The monoisotopic (exact) mass is 413 g/mol. The molecule has 1 fully saturated rings. The number of esters is 1. The highest BCUT2D eigenvalue weighted by atomic mass is 32.1. The van der Waals surface area contributed by atoms with Crippen molar-refractivity contribution in [2.75, 3.05) is 24.3 Å². The lowest BCUT2D eigenvalue weighted by molar-refractivity contribution is -0.114. The molecule has 0 spiro atoms. The quantitative estimate of drug-likeness (QED) is 0.607. The van der Waals surface area contributed by atoms with E-state index in [1.165, 1.54) is 18.4 Å². The van der Waals surface area contributed by atoms with Crippen LogP contribution in [0.25, 0.3) is 0 Å². The third kappa shape index (κ3) is 4.27. The summed E-state index contributed by atoms with van der Waals surface area (Å²) >= 11 is 1.44. The Bertz CT molecular complexity index is 965. The van der Waals surface area contributed by atoms with Crippen LogP contribution in [0.1, 0.15) is 50.4 Å². The predicted molar refractivity (Wildman–Crippen MR) is 112 cm³/mol. The highest BCUT2D eigenvalue weighted by molar-refractivity contribution is 7.17. The van der Waals surface area contributed by atoms with E-state index in [1.54, 1.807) is 18.2 Å². The average molecular weight is 413 g/mol. The average Bonchev–Trinajstić information content (AvgIpc) is 3.31. The number of para-hydroxylation sites is 1. The number of fused-ring (bicyclic) bond motifs is 1. The molecule has 1 saturated carbocycles. The molecular weight excluding hydrogens is 390 g/mol. The van der Waals surface area contributed by atoms with Gasteiger partial charge in [-0.2, -0.15) is 0 Å². The van der Waals surface area contributed by atoms with Gasteiger partial charge >= 0.3 is 5.97 Å². The Morgan fingerprint density at radius 3 is 2.72 bits per heavy atom. The molecule has 0 unspecified atom stereocenters. The molecular formula is C21H23N3O4S. The fourth-order valence-corrected chi connectivity index (χ4v) is 4.78. The molecule has 8 heteroatoms. The Morgan fingerprint density at radius 1 is 1.17 bits per heavy atom. The summed E-state index contributed by atoms with van der Waals surface area (Å²) in [5.74, 6) is -0.846. The summed E-state index contributed by atoms with van der Waals surface area (Å²) in [6.45, 7) is -0.0170. The van der Waals surface area contributed by atoms with E-state index in [9.17, 15) is 14.4 Å². The lowest BCUT2D eigenvalue weighted by Gasteiger charge is -2.12. The zero-order chi connectivity index (χ0) is 20.4. The zero-order valence-electron chi connectivity index (χ0n) is 16.2. The first-order valence-electron chi connectivity index (χ1n) is 9.73. The normalized spacial score (nSPS) is 14.8. The molecule has 0 radical (unpaired) electrons. The maximum absolute atomic E-state index is 12.5. The molecule has 0 bridgehead atoms. The largest absolute Gasteiger partial charge is 0.465 e. The highest BCUT2D eigenvalue weighted by Gasteiger charge is 2.28. The summed E-state index contributed by atoms with van der Waals surface area (Å²) in [5, 5.41) is 9.36. The number of methoxy groups -OCH3 is 1. The van der Waals surface area contributed by atoms with Crippen molar-refractivity contribution in [3.63, 3.8) is 0 Å². The van der Waals surface area contributed by atoms with Gasteiger partial charge in [-0.1, -0.05) is 12.1 Å². The number of benzene rings is 1. The van der Waals surface area contributed by atoms with Gasteiger partial charge in [-0.3, -0.25) is 9.59 Å². The molecule has 152 valence electrons. The van der Waals surface area contributed by atoms with Crippen molar-refractivity contribution in [3.8, 4) is 0 Å². The molecule has 2 aromatic rings. The predicted octanol–water partition coefficient (Wildman–Crippen LogP) is 2.97. The van der Waals surface area contributed by atoms with Gasteiger partial charge in [0.2, 0.25) is 5.91 Å². The van der Waals surface area contributed by atoms with E-state index in [-0.39, 0.29) is 24.4 Å². The molecule has 1 aromatic carbocycles. The summed E-state index contributed by atoms with van der Waals surface area (Å²) in [7, 11) is 1.35. The van der Waals surface area contributed by atoms with Crippen molar-refractivity contribution in [2.45, 2.75) is 38.1 Å². The SMILES string of the molecule is COC(=O)c1c(NC(=O)CNc2ccccc2C(=O)NC2CC2)sc2c1CCC2. The van der Waals surface area contributed by atoms with E-state index >= 15 is 0 Å². The molecule has 0 saturated heterocycles. The number of hydrogen-bond donors (Lipinski definition) is 3.